The first-order valence-electron chi connectivity index (χ1n) is 11.5. The number of nitriles is 1. The molecule has 0 spiro atoms. The lowest BCUT2D eigenvalue weighted by atomic mass is 10.1. The van der Waals surface area contributed by atoms with Gasteiger partial charge in [0, 0.05) is 44.1 Å². The van der Waals surface area contributed by atoms with E-state index in [-0.39, 0.29) is 5.91 Å². The van der Waals surface area contributed by atoms with Gasteiger partial charge in [-0.05, 0) is 43.2 Å². The van der Waals surface area contributed by atoms with Crippen molar-refractivity contribution < 1.29 is 4.79 Å². The normalized spacial score (nSPS) is 13.8. The molecule has 1 aliphatic rings. The summed E-state index contributed by atoms with van der Waals surface area (Å²) in [6.45, 7) is 4.60. The van der Waals surface area contributed by atoms with Crippen LogP contribution in [0, 0.1) is 18.3 Å². The predicted molar refractivity (Wildman–Crippen MR) is 131 cm³/mol. The van der Waals surface area contributed by atoms with Crippen LogP contribution in [0.3, 0.4) is 0 Å². The second kappa shape index (κ2) is 9.73. The fraction of sp³-hybridized carbons (Fsp3) is 0.231. The maximum absolute atomic E-state index is 13.5. The van der Waals surface area contributed by atoms with Crippen LogP contribution in [-0.2, 0) is 0 Å². The topological polar surface area (TPSA) is 104 Å². The summed E-state index contributed by atoms with van der Waals surface area (Å²) < 4.78 is 0. The molecule has 1 amide bonds. The Morgan fingerprint density at radius 3 is 2.37 bits per heavy atom. The van der Waals surface area contributed by atoms with E-state index in [2.05, 4.69) is 31.1 Å². The van der Waals surface area contributed by atoms with Crippen molar-refractivity contribution in [3.63, 3.8) is 0 Å². The Balaban J connectivity index is 1.30. The van der Waals surface area contributed by atoms with Crippen molar-refractivity contribution >= 4 is 11.9 Å². The molecule has 9 nitrogen and oxygen atoms in total. The molecule has 5 rings (SSSR count). The molecule has 3 heterocycles. The molecule has 9 heteroatoms. The first kappa shape index (κ1) is 22.2. The number of benzene rings is 2. The fourth-order valence-electron chi connectivity index (χ4n) is 4.20. The van der Waals surface area contributed by atoms with E-state index in [0.717, 1.165) is 29.7 Å². The van der Waals surface area contributed by atoms with Crippen LogP contribution >= 0.6 is 0 Å². The van der Waals surface area contributed by atoms with E-state index in [1.54, 1.807) is 36.9 Å². The molecule has 4 aromatic rings. The van der Waals surface area contributed by atoms with Gasteiger partial charge in [0.25, 0.3) is 5.91 Å². The highest BCUT2D eigenvalue weighted by atomic mass is 16.2. The zero-order chi connectivity index (χ0) is 24.2. The maximum Gasteiger partial charge on any atom is 0.256 e. The van der Waals surface area contributed by atoms with Crippen LogP contribution < -0.4 is 4.90 Å². The van der Waals surface area contributed by atoms with Crippen LogP contribution in [0.25, 0.3) is 16.8 Å². The van der Waals surface area contributed by atoms with Crippen molar-refractivity contribution in [2.24, 2.45) is 0 Å². The first-order valence-corrected chi connectivity index (χ1v) is 11.5. The number of aryl methyl sites for hydroxylation is 1. The number of carbonyl (C=O) groups excluding carboxylic acids is 1. The smallest absolute Gasteiger partial charge is 0.256 e. The van der Waals surface area contributed by atoms with Crippen LogP contribution in [0.4, 0.5) is 5.95 Å². The average molecular weight is 465 g/mol. The van der Waals surface area contributed by atoms with Gasteiger partial charge in [-0.15, -0.1) is 0 Å². The minimum Gasteiger partial charge on any atom is -0.339 e. The minimum atomic E-state index is -0.0278. The third-order valence-corrected chi connectivity index (χ3v) is 6.07. The van der Waals surface area contributed by atoms with Crippen LogP contribution in [0.1, 0.15) is 27.9 Å². The summed E-state index contributed by atoms with van der Waals surface area (Å²) in [4.78, 5) is 28.1. The Bertz CT molecular complexity index is 1360. The number of carbonyl (C=O) groups is 1. The van der Waals surface area contributed by atoms with Crippen molar-refractivity contribution in [2.45, 2.75) is 13.3 Å². The van der Waals surface area contributed by atoms with Gasteiger partial charge < -0.3 is 9.80 Å². The number of hydrogen-bond acceptors (Lipinski definition) is 7. The van der Waals surface area contributed by atoms with Crippen LogP contribution in [-0.4, -0.2) is 61.9 Å². The Kier molecular flexibility index (Phi) is 6.18. The molecule has 1 fully saturated rings. The summed E-state index contributed by atoms with van der Waals surface area (Å²) in [6.07, 6.45) is 7.62. The molecule has 1 aliphatic heterocycles. The van der Waals surface area contributed by atoms with Gasteiger partial charge in [-0.25, -0.2) is 9.97 Å². The van der Waals surface area contributed by atoms with E-state index >= 15 is 0 Å². The fourth-order valence-corrected chi connectivity index (χ4v) is 4.20. The molecule has 2 aromatic heterocycles. The first-order chi connectivity index (χ1) is 17.1. The number of hydrogen-bond donors (Lipinski definition) is 0. The Morgan fingerprint density at radius 1 is 0.914 bits per heavy atom. The molecular weight excluding hydrogens is 440 g/mol. The Morgan fingerprint density at radius 2 is 1.66 bits per heavy atom. The molecule has 35 heavy (non-hydrogen) atoms. The summed E-state index contributed by atoms with van der Waals surface area (Å²) >= 11 is 0. The van der Waals surface area contributed by atoms with Crippen molar-refractivity contribution in [3.8, 4) is 22.9 Å². The lowest BCUT2D eigenvalue weighted by Crippen LogP contribution is -2.36. The number of aromatic nitrogens is 5. The van der Waals surface area contributed by atoms with Crippen molar-refractivity contribution in [1.82, 2.24) is 29.9 Å². The van der Waals surface area contributed by atoms with E-state index in [4.69, 9.17) is 5.26 Å². The second-order valence-electron chi connectivity index (χ2n) is 8.43. The highest BCUT2D eigenvalue weighted by Crippen LogP contribution is 2.22. The van der Waals surface area contributed by atoms with Gasteiger partial charge in [0.2, 0.25) is 5.95 Å². The van der Waals surface area contributed by atoms with E-state index in [9.17, 15) is 4.79 Å². The van der Waals surface area contributed by atoms with Crippen molar-refractivity contribution in [3.05, 3.63) is 83.9 Å². The van der Waals surface area contributed by atoms with Crippen LogP contribution in [0.5, 0.6) is 0 Å². The lowest BCUT2D eigenvalue weighted by Gasteiger charge is -2.23. The molecule has 1 saturated heterocycles. The van der Waals surface area contributed by atoms with E-state index in [1.165, 1.54) is 4.80 Å². The third kappa shape index (κ3) is 4.73. The summed E-state index contributed by atoms with van der Waals surface area (Å²) in [5, 5.41) is 17.4. The van der Waals surface area contributed by atoms with Crippen LogP contribution in [0.2, 0.25) is 0 Å². The molecule has 0 unspecified atom stereocenters. The predicted octanol–water partition coefficient (Wildman–Crippen LogP) is 3.26. The summed E-state index contributed by atoms with van der Waals surface area (Å²) in [7, 11) is 0. The van der Waals surface area contributed by atoms with Gasteiger partial charge in [-0.3, -0.25) is 4.79 Å². The van der Waals surface area contributed by atoms with Crippen molar-refractivity contribution in [1.29, 1.82) is 5.26 Å². The molecule has 174 valence electrons. The Hall–Kier alpha value is -4.58. The molecular formula is C26H24N8O. The third-order valence-electron chi connectivity index (χ3n) is 6.07. The van der Waals surface area contributed by atoms with Gasteiger partial charge in [0.05, 0.1) is 35.3 Å². The molecule has 0 radical (unpaired) electrons. The van der Waals surface area contributed by atoms with Gasteiger partial charge in [0.1, 0.15) is 0 Å². The van der Waals surface area contributed by atoms with Gasteiger partial charge in [-0.1, -0.05) is 23.8 Å². The van der Waals surface area contributed by atoms with Crippen LogP contribution in [0.15, 0.2) is 67.3 Å². The highest BCUT2D eigenvalue weighted by molar-refractivity contribution is 5.98. The largest absolute Gasteiger partial charge is 0.339 e. The number of anilines is 1. The lowest BCUT2D eigenvalue weighted by molar-refractivity contribution is 0.0766. The molecule has 0 bridgehead atoms. The van der Waals surface area contributed by atoms with E-state index in [0.29, 0.717) is 42.4 Å². The number of rotatable bonds is 4. The van der Waals surface area contributed by atoms with Gasteiger partial charge in [0.15, 0.2) is 0 Å². The summed E-state index contributed by atoms with van der Waals surface area (Å²) in [6, 6.07) is 15.2. The quantitative estimate of drug-likeness (QED) is 0.457. The zero-order valence-corrected chi connectivity index (χ0v) is 19.4. The molecule has 0 aliphatic carbocycles. The van der Waals surface area contributed by atoms with Gasteiger partial charge >= 0.3 is 0 Å². The Labute approximate surface area is 203 Å². The van der Waals surface area contributed by atoms with Crippen molar-refractivity contribution in [2.75, 3.05) is 31.1 Å². The molecule has 0 N–H and O–H groups in total. The van der Waals surface area contributed by atoms with E-state index < -0.39 is 0 Å². The monoisotopic (exact) mass is 464 g/mol. The standard InChI is InChI=1S/C26H24N8O/c1-19-3-8-24(34-30-9-10-31-34)23(15-19)25(35)32-11-2-12-33(14-13-32)26-28-17-22(18-29-26)21-6-4-20(16-27)5-7-21/h3-10,15,17-18H,2,11-14H2,1H3. The molecule has 0 saturated carbocycles. The SMILES string of the molecule is Cc1ccc(-n2nccn2)c(C(=O)N2CCCN(c3ncc(-c4ccc(C#N)cc4)cn3)CC2)c1. The summed E-state index contributed by atoms with van der Waals surface area (Å²) in [5.74, 6) is 0.619. The average Bonchev–Trinajstić information content (AvgIpc) is 3.32. The molecule has 2 aromatic carbocycles. The minimum absolute atomic E-state index is 0.0278. The molecule has 0 atom stereocenters. The second-order valence-corrected chi connectivity index (χ2v) is 8.43. The van der Waals surface area contributed by atoms with E-state index in [1.807, 2.05) is 42.2 Å². The highest BCUT2D eigenvalue weighted by Gasteiger charge is 2.24. The number of amides is 1. The summed E-state index contributed by atoms with van der Waals surface area (Å²) in [5.41, 5.74) is 4.75. The zero-order valence-electron chi connectivity index (χ0n) is 19.4. The maximum atomic E-state index is 13.5. The number of nitrogens with zero attached hydrogens (tertiary/aromatic N) is 8. The van der Waals surface area contributed by atoms with Gasteiger partial charge in [-0.2, -0.15) is 20.3 Å².